The van der Waals surface area contributed by atoms with Crippen LogP contribution in [0.4, 0.5) is 20.4 Å². The van der Waals surface area contributed by atoms with Gasteiger partial charge in [-0.05, 0) is 30.3 Å². The molecule has 0 saturated heterocycles. The smallest absolute Gasteiger partial charge is 0.335 e. The van der Waals surface area contributed by atoms with Gasteiger partial charge in [0.1, 0.15) is 17.3 Å². The van der Waals surface area contributed by atoms with Crippen molar-refractivity contribution in [2.24, 2.45) is 0 Å². The van der Waals surface area contributed by atoms with Crippen LogP contribution in [0.3, 0.4) is 0 Å². The first kappa shape index (κ1) is 16.8. The molecule has 0 unspecified atom stereocenters. The molecule has 0 amide bonds. The Kier molecular flexibility index (Phi) is 4.62. The fourth-order valence-electron chi connectivity index (χ4n) is 2.50. The van der Waals surface area contributed by atoms with Crippen LogP contribution in [0.5, 0.6) is 0 Å². The van der Waals surface area contributed by atoms with Crippen LogP contribution in [0.2, 0.25) is 0 Å². The van der Waals surface area contributed by atoms with E-state index in [1.165, 1.54) is 25.3 Å². The molecule has 0 aliphatic heterocycles. The number of ether oxygens (including phenoxy) is 1. The molecule has 1 aromatic heterocycles. The van der Waals surface area contributed by atoms with E-state index in [4.69, 9.17) is 9.84 Å². The number of carbonyl (C=O) groups is 1. The number of methoxy groups -OCH3 is 1. The summed E-state index contributed by atoms with van der Waals surface area (Å²) in [5, 5.41) is 11.8. The second kappa shape index (κ2) is 6.86. The number of nitrogens with zero attached hydrogens (tertiary/aromatic N) is 2. The number of hydrogen-bond acceptors (Lipinski definition) is 4. The predicted octanol–water partition coefficient (Wildman–Crippen LogP) is 3.40. The van der Waals surface area contributed by atoms with Crippen LogP contribution in [-0.2, 0) is 11.3 Å². The minimum atomic E-state index is -1.08. The van der Waals surface area contributed by atoms with Crippen molar-refractivity contribution in [3.63, 3.8) is 0 Å². The SMILES string of the molecule is COCCn1c(Nc2c(F)cccc2F)nc2cc(C(=O)O)ccc21. The highest BCUT2D eigenvalue weighted by Gasteiger charge is 2.16. The Morgan fingerprint density at radius 1 is 1.28 bits per heavy atom. The lowest BCUT2D eigenvalue weighted by Crippen LogP contribution is -2.09. The molecule has 6 nitrogen and oxygen atoms in total. The maximum absolute atomic E-state index is 13.9. The number of nitrogens with one attached hydrogen (secondary N) is 1. The van der Waals surface area contributed by atoms with Gasteiger partial charge in [-0.2, -0.15) is 0 Å². The molecule has 0 radical (unpaired) electrons. The van der Waals surface area contributed by atoms with E-state index in [0.29, 0.717) is 24.2 Å². The summed E-state index contributed by atoms with van der Waals surface area (Å²) < 4.78 is 34.5. The Balaban J connectivity index is 2.10. The Labute approximate surface area is 141 Å². The topological polar surface area (TPSA) is 76.4 Å². The van der Waals surface area contributed by atoms with E-state index in [2.05, 4.69) is 10.3 Å². The van der Waals surface area contributed by atoms with Gasteiger partial charge in [-0.25, -0.2) is 18.6 Å². The van der Waals surface area contributed by atoms with Gasteiger partial charge in [0.2, 0.25) is 5.95 Å². The molecule has 0 aliphatic rings. The van der Waals surface area contributed by atoms with E-state index in [0.717, 1.165) is 12.1 Å². The molecule has 0 atom stereocenters. The molecule has 2 aromatic carbocycles. The molecule has 3 aromatic rings. The standard InChI is InChI=1S/C17H15F2N3O3/c1-25-8-7-22-14-6-5-10(16(23)24)9-13(14)20-17(22)21-15-11(18)3-2-4-12(15)19/h2-6,9H,7-8H2,1H3,(H,20,21)(H,23,24). The summed E-state index contributed by atoms with van der Waals surface area (Å²) in [5.74, 6) is -2.39. The number of benzene rings is 2. The third-order valence-electron chi connectivity index (χ3n) is 3.71. The minimum Gasteiger partial charge on any atom is -0.478 e. The quantitative estimate of drug-likeness (QED) is 0.715. The number of anilines is 2. The highest BCUT2D eigenvalue weighted by molar-refractivity contribution is 5.93. The van der Waals surface area contributed by atoms with Crippen LogP contribution >= 0.6 is 0 Å². The van der Waals surface area contributed by atoms with Crippen LogP contribution in [-0.4, -0.2) is 34.3 Å². The Morgan fingerprint density at radius 3 is 2.64 bits per heavy atom. The molecule has 8 heteroatoms. The summed E-state index contributed by atoms with van der Waals surface area (Å²) in [6.07, 6.45) is 0. The number of imidazole rings is 1. The number of aromatic nitrogens is 2. The summed E-state index contributed by atoms with van der Waals surface area (Å²) >= 11 is 0. The molecule has 1 heterocycles. The van der Waals surface area contributed by atoms with Gasteiger partial charge in [0, 0.05) is 13.7 Å². The van der Waals surface area contributed by atoms with Crippen molar-refractivity contribution in [2.45, 2.75) is 6.54 Å². The highest BCUT2D eigenvalue weighted by Crippen LogP contribution is 2.26. The van der Waals surface area contributed by atoms with E-state index < -0.39 is 17.6 Å². The minimum absolute atomic E-state index is 0.0764. The number of hydrogen-bond donors (Lipinski definition) is 2. The maximum atomic E-state index is 13.9. The molecule has 130 valence electrons. The number of carboxylic acids is 1. The third-order valence-corrected chi connectivity index (χ3v) is 3.71. The number of para-hydroxylation sites is 1. The van der Waals surface area contributed by atoms with Gasteiger partial charge >= 0.3 is 5.97 Å². The third kappa shape index (κ3) is 3.29. The fraction of sp³-hybridized carbons (Fsp3) is 0.176. The largest absolute Gasteiger partial charge is 0.478 e. The molecule has 2 N–H and O–H groups in total. The van der Waals surface area contributed by atoms with E-state index in [1.54, 1.807) is 10.6 Å². The fourth-order valence-corrected chi connectivity index (χ4v) is 2.50. The van der Waals surface area contributed by atoms with Crippen molar-refractivity contribution < 1.29 is 23.4 Å². The lowest BCUT2D eigenvalue weighted by molar-refractivity contribution is 0.0697. The summed E-state index contributed by atoms with van der Waals surface area (Å²) in [5.41, 5.74) is 0.777. The molecule has 25 heavy (non-hydrogen) atoms. The van der Waals surface area contributed by atoms with Gasteiger partial charge in [-0.15, -0.1) is 0 Å². The van der Waals surface area contributed by atoms with Crippen LogP contribution in [0, 0.1) is 11.6 Å². The van der Waals surface area contributed by atoms with Crippen molar-refractivity contribution in [1.82, 2.24) is 9.55 Å². The number of rotatable bonds is 6. The average molecular weight is 347 g/mol. The highest BCUT2D eigenvalue weighted by atomic mass is 19.1. The van der Waals surface area contributed by atoms with Gasteiger partial charge in [-0.3, -0.25) is 0 Å². The van der Waals surface area contributed by atoms with E-state index in [1.807, 2.05) is 0 Å². The van der Waals surface area contributed by atoms with Crippen molar-refractivity contribution in [1.29, 1.82) is 0 Å². The number of halogens is 2. The molecular weight excluding hydrogens is 332 g/mol. The second-order valence-electron chi connectivity index (χ2n) is 5.31. The van der Waals surface area contributed by atoms with Crippen molar-refractivity contribution in [3.8, 4) is 0 Å². The monoisotopic (exact) mass is 347 g/mol. The predicted molar refractivity (Wildman–Crippen MR) is 88.2 cm³/mol. The first-order chi connectivity index (χ1) is 12.0. The summed E-state index contributed by atoms with van der Waals surface area (Å²) in [6, 6.07) is 7.99. The number of aromatic carboxylic acids is 1. The van der Waals surface area contributed by atoms with Gasteiger partial charge in [0.25, 0.3) is 0 Å². The zero-order valence-corrected chi connectivity index (χ0v) is 13.3. The molecule has 0 bridgehead atoms. The lowest BCUT2D eigenvalue weighted by atomic mass is 10.2. The zero-order valence-electron chi connectivity index (χ0n) is 13.3. The first-order valence-corrected chi connectivity index (χ1v) is 7.45. The van der Waals surface area contributed by atoms with Crippen molar-refractivity contribution in [2.75, 3.05) is 19.0 Å². The van der Waals surface area contributed by atoms with Gasteiger partial charge < -0.3 is 19.7 Å². The maximum Gasteiger partial charge on any atom is 0.335 e. The molecule has 0 saturated carbocycles. The Morgan fingerprint density at radius 2 is 2.00 bits per heavy atom. The molecule has 0 aliphatic carbocycles. The van der Waals surface area contributed by atoms with Crippen molar-refractivity contribution in [3.05, 3.63) is 53.6 Å². The van der Waals surface area contributed by atoms with Gasteiger partial charge in [-0.1, -0.05) is 6.07 Å². The normalized spacial score (nSPS) is 11.0. The van der Waals surface area contributed by atoms with E-state index in [9.17, 15) is 13.6 Å². The number of carboxylic acid groups (broad SMARTS) is 1. The lowest BCUT2D eigenvalue weighted by Gasteiger charge is -2.11. The van der Waals surface area contributed by atoms with Gasteiger partial charge in [0.15, 0.2) is 0 Å². The first-order valence-electron chi connectivity index (χ1n) is 7.45. The van der Waals surface area contributed by atoms with Crippen LogP contribution in [0.25, 0.3) is 11.0 Å². The second-order valence-corrected chi connectivity index (χ2v) is 5.31. The summed E-state index contributed by atoms with van der Waals surface area (Å²) in [6.45, 7) is 0.721. The van der Waals surface area contributed by atoms with Crippen LogP contribution in [0.15, 0.2) is 36.4 Å². The summed E-state index contributed by atoms with van der Waals surface area (Å²) in [4.78, 5) is 15.4. The summed E-state index contributed by atoms with van der Waals surface area (Å²) in [7, 11) is 1.53. The molecular formula is C17H15F2N3O3. The van der Waals surface area contributed by atoms with Crippen molar-refractivity contribution >= 4 is 28.6 Å². The Hall–Kier alpha value is -3.00. The molecule has 3 rings (SSSR count). The molecule has 0 fully saturated rings. The van der Waals surface area contributed by atoms with Gasteiger partial charge in [0.05, 0.1) is 23.2 Å². The Bertz CT molecular complexity index is 920. The van der Waals surface area contributed by atoms with Crippen LogP contribution in [0.1, 0.15) is 10.4 Å². The average Bonchev–Trinajstić information content (AvgIpc) is 2.92. The molecule has 0 spiro atoms. The van der Waals surface area contributed by atoms with Crippen LogP contribution < -0.4 is 5.32 Å². The zero-order chi connectivity index (χ0) is 18.0. The van der Waals surface area contributed by atoms with E-state index in [-0.39, 0.29) is 17.2 Å². The number of fused-ring (bicyclic) bond motifs is 1. The van der Waals surface area contributed by atoms with E-state index >= 15 is 0 Å².